The molecule has 0 aliphatic carbocycles. The molecule has 1 aromatic carbocycles. The van der Waals surface area contributed by atoms with Gasteiger partial charge in [0.2, 0.25) is 5.95 Å². The van der Waals surface area contributed by atoms with Crippen molar-refractivity contribution in [1.82, 2.24) is 19.5 Å². The van der Waals surface area contributed by atoms with Crippen molar-refractivity contribution >= 4 is 45.3 Å². The molecule has 0 aliphatic heterocycles. The van der Waals surface area contributed by atoms with E-state index in [1.807, 2.05) is 0 Å². The number of methoxy groups -OCH3 is 1. The summed E-state index contributed by atoms with van der Waals surface area (Å²) in [6.07, 6.45) is -2.73. The third-order valence-corrected chi connectivity index (χ3v) is 4.54. The summed E-state index contributed by atoms with van der Waals surface area (Å²) in [6.45, 7) is 0.640. The smallest absolute Gasteiger partial charge is 0.383 e. The van der Waals surface area contributed by atoms with Crippen LogP contribution in [0.25, 0.3) is 22.1 Å². The second-order valence-corrected chi connectivity index (χ2v) is 6.53. The number of aromatic amines is 1. The molecule has 0 amide bonds. The zero-order valence-electron chi connectivity index (χ0n) is 14.6. The molecule has 3 aromatic heterocycles. The van der Waals surface area contributed by atoms with E-state index in [0.717, 1.165) is 17.6 Å². The van der Waals surface area contributed by atoms with E-state index in [-0.39, 0.29) is 0 Å². The van der Waals surface area contributed by atoms with Crippen LogP contribution < -0.4 is 5.32 Å². The number of rotatable bonds is 5. The Morgan fingerprint density at radius 2 is 2.04 bits per heavy atom. The number of hydrogen-bond acceptors (Lipinski definition) is 4. The molecule has 10 heteroatoms. The lowest BCUT2D eigenvalue weighted by atomic mass is 10.2. The average molecular weight is 410 g/mol. The second-order valence-electron chi connectivity index (χ2n) is 6.14. The van der Waals surface area contributed by atoms with Gasteiger partial charge in [0, 0.05) is 19.9 Å². The SMILES string of the molecule is COCCn1c(Nc2c[nH]c3ccc(Cl)nc23)nc2ccc(C(F)(F)F)cc21. The maximum absolute atomic E-state index is 13.1. The molecule has 0 saturated carbocycles. The Hall–Kier alpha value is -2.78. The predicted octanol–water partition coefficient (Wildman–Crippen LogP) is 4.97. The van der Waals surface area contributed by atoms with Crippen molar-refractivity contribution in [2.45, 2.75) is 12.7 Å². The minimum atomic E-state index is -4.43. The number of nitrogens with one attached hydrogen (secondary N) is 2. The lowest BCUT2D eigenvalue weighted by molar-refractivity contribution is -0.137. The fourth-order valence-electron chi connectivity index (χ4n) is 2.99. The zero-order chi connectivity index (χ0) is 19.9. The minimum absolute atomic E-state index is 0.314. The first-order valence-corrected chi connectivity index (χ1v) is 8.71. The normalized spacial score (nSPS) is 12.2. The number of alkyl halides is 3. The largest absolute Gasteiger partial charge is 0.416 e. The van der Waals surface area contributed by atoms with Gasteiger partial charge in [0.05, 0.1) is 34.4 Å². The van der Waals surface area contributed by atoms with E-state index in [1.54, 1.807) is 22.9 Å². The van der Waals surface area contributed by atoms with E-state index < -0.39 is 11.7 Å². The Labute approximate surface area is 162 Å². The first kappa shape index (κ1) is 18.6. The lowest BCUT2D eigenvalue weighted by Gasteiger charge is -2.11. The first-order valence-electron chi connectivity index (χ1n) is 8.34. The van der Waals surface area contributed by atoms with Crippen LogP contribution in [0.4, 0.5) is 24.8 Å². The molecule has 146 valence electrons. The second kappa shape index (κ2) is 6.99. The molecule has 0 atom stereocenters. The summed E-state index contributed by atoms with van der Waals surface area (Å²) < 4.78 is 46.1. The number of imidazole rings is 1. The van der Waals surface area contributed by atoms with Crippen LogP contribution in [-0.2, 0) is 17.5 Å². The van der Waals surface area contributed by atoms with E-state index in [4.69, 9.17) is 16.3 Å². The van der Waals surface area contributed by atoms with Crippen molar-refractivity contribution in [3.8, 4) is 0 Å². The number of halogens is 4. The van der Waals surface area contributed by atoms with Gasteiger partial charge >= 0.3 is 6.18 Å². The van der Waals surface area contributed by atoms with Crippen LogP contribution >= 0.6 is 11.6 Å². The molecule has 0 fully saturated rings. The van der Waals surface area contributed by atoms with E-state index in [2.05, 4.69) is 20.3 Å². The molecule has 0 radical (unpaired) electrons. The van der Waals surface area contributed by atoms with Crippen molar-refractivity contribution in [3.05, 3.63) is 47.2 Å². The highest BCUT2D eigenvalue weighted by molar-refractivity contribution is 6.29. The van der Waals surface area contributed by atoms with Crippen molar-refractivity contribution < 1.29 is 17.9 Å². The lowest BCUT2D eigenvalue weighted by Crippen LogP contribution is -2.09. The molecule has 28 heavy (non-hydrogen) atoms. The topological polar surface area (TPSA) is 67.8 Å². The molecular weight excluding hydrogens is 395 g/mol. The molecule has 0 unspecified atom stereocenters. The summed E-state index contributed by atoms with van der Waals surface area (Å²) in [5.41, 5.74) is 2.06. The Bertz CT molecular complexity index is 1150. The Morgan fingerprint density at radius 1 is 1.21 bits per heavy atom. The van der Waals surface area contributed by atoms with Gasteiger partial charge in [0.25, 0.3) is 0 Å². The molecule has 3 heterocycles. The Kier molecular flexibility index (Phi) is 4.64. The molecule has 0 saturated heterocycles. The average Bonchev–Trinajstić information content (AvgIpc) is 3.20. The molecule has 6 nitrogen and oxygen atoms in total. The quantitative estimate of drug-likeness (QED) is 0.456. The number of benzene rings is 1. The van der Waals surface area contributed by atoms with Gasteiger partial charge in [-0.25, -0.2) is 9.97 Å². The van der Waals surface area contributed by atoms with Gasteiger partial charge in [-0.15, -0.1) is 0 Å². The highest BCUT2D eigenvalue weighted by Gasteiger charge is 2.31. The molecule has 4 rings (SSSR count). The summed E-state index contributed by atoms with van der Waals surface area (Å²) in [4.78, 5) is 11.8. The van der Waals surface area contributed by atoms with Gasteiger partial charge in [0.15, 0.2) is 0 Å². The highest BCUT2D eigenvalue weighted by Crippen LogP contribution is 2.33. The van der Waals surface area contributed by atoms with Crippen LogP contribution in [0.5, 0.6) is 0 Å². The first-order chi connectivity index (χ1) is 13.4. The molecule has 0 bridgehead atoms. The molecule has 4 aromatic rings. The van der Waals surface area contributed by atoms with Gasteiger partial charge in [0.1, 0.15) is 10.7 Å². The van der Waals surface area contributed by atoms with E-state index in [0.29, 0.717) is 46.5 Å². The number of hydrogen-bond donors (Lipinski definition) is 2. The van der Waals surface area contributed by atoms with Crippen molar-refractivity contribution in [1.29, 1.82) is 0 Å². The fourth-order valence-corrected chi connectivity index (χ4v) is 3.14. The molecule has 0 aliphatic rings. The van der Waals surface area contributed by atoms with E-state index in [9.17, 15) is 13.2 Å². The number of ether oxygens (including phenoxy) is 1. The van der Waals surface area contributed by atoms with Crippen LogP contribution in [0, 0.1) is 0 Å². The zero-order valence-corrected chi connectivity index (χ0v) is 15.4. The fraction of sp³-hybridized carbons (Fsp3) is 0.222. The Morgan fingerprint density at radius 3 is 2.79 bits per heavy atom. The van der Waals surface area contributed by atoms with E-state index >= 15 is 0 Å². The number of aromatic nitrogens is 4. The monoisotopic (exact) mass is 409 g/mol. The van der Waals surface area contributed by atoms with Crippen LogP contribution in [0.2, 0.25) is 5.15 Å². The standard InChI is InChI=1S/C18H15ClF3N5O/c1-28-7-6-27-14-8-10(18(20,21)22)2-3-11(14)24-17(27)25-13-9-23-12-4-5-15(19)26-16(12)13/h2-5,8-9,23H,6-7H2,1H3,(H,24,25). The van der Waals surface area contributed by atoms with Gasteiger partial charge in [-0.2, -0.15) is 13.2 Å². The maximum Gasteiger partial charge on any atom is 0.416 e. The number of fused-ring (bicyclic) bond motifs is 2. The third-order valence-electron chi connectivity index (χ3n) is 4.33. The van der Waals surface area contributed by atoms with Crippen molar-refractivity contribution in [3.63, 3.8) is 0 Å². The van der Waals surface area contributed by atoms with Crippen molar-refractivity contribution in [2.24, 2.45) is 0 Å². The molecular formula is C18H15ClF3N5O. The number of H-pyrrole nitrogens is 1. The minimum Gasteiger partial charge on any atom is -0.383 e. The van der Waals surface area contributed by atoms with Gasteiger partial charge in [-0.3, -0.25) is 0 Å². The van der Waals surface area contributed by atoms with Crippen LogP contribution in [0.15, 0.2) is 36.5 Å². The molecule has 2 N–H and O–H groups in total. The van der Waals surface area contributed by atoms with Gasteiger partial charge in [-0.05, 0) is 30.3 Å². The number of pyridine rings is 1. The number of anilines is 2. The summed E-state index contributed by atoms with van der Waals surface area (Å²) in [7, 11) is 1.53. The van der Waals surface area contributed by atoms with Gasteiger partial charge in [-0.1, -0.05) is 11.6 Å². The number of nitrogens with zero attached hydrogens (tertiary/aromatic N) is 3. The van der Waals surface area contributed by atoms with Gasteiger partial charge < -0.3 is 19.6 Å². The summed E-state index contributed by atoms with van der Waals surface area (Å²) in [6, 6.07) is 6.92. The Balaban J connectivity index is 1.81. The maximum atomic E-state index is 13.1. The van der Waals surface area contributed by atoms with Crippen molar-refractivity contribution in [2.75, 3.05) is 19.0 Å². The summed E-state index contributed by atoms with van der Waals surface area (Å²) in [5, 5.41) is 3.47. The molecule has 0 spiro atoms. The van der Waals surface area contributed by atoms with E-state index in [1.165, 1.54) is 13.2 Å². The van der Waals surface area contributed by atoms with Crippen LogP contribution in [-0.4, -0.2) is 33.2 Å². The summed E-state index contributed by atoms with van der Waals surface area (Å²) >= 11 is 5.98. The van der Waals surface area contributed by atoms with Crippen LogP contribution in [0.3, 0.4) is 0 Å². The van der Waals surface area contributed by atoms with Crippen LogP contribution in [0.1, 0.15) is 5.56 Å². The third kappa shape index (κ3) is 3.38. The summed E-state index contributed by atoms with van der Waals surface area (Å²) in [5.74, 6) is 0.383. The highest BCUT2D eigenvalue weighted by atomic mass is 35.5. The predicted molar refractivity (Wildman–Crippen MR) is 101 cm³/mol.